The number of rotatable bonds is 3. The summed E-state index contributed by atoms with van der Waals surface area (Å²) < 4.78 is 11.6. The molecular weight excluding hydrogens is 224 g/mol. The van der Waals surface area contributed by atoms with Crippen molar-refractivity contribution in [3.05, 3.63) is 0 Å². The molecule has 0 radical (unpaired) electrons. The minimum Gasteiger partial charge on any atom is -0.381 e. The minimum absolute atomic E-state index is 0.301. The Morgan fingerprint density at radius 3 is 2.39 bits per heavy atom. The lowest BCUT2D eigenvalue weighted by molar-refractivity contribution is -0.0750. The highest BCUT2D eigenvalue weighted by Gasteiger charge is 2.32. The van der Waals surface area contributed by atoms with Crippen LogP contribution in [0.1, 0.15) is 53.4 Å². The normalized spacial score (nSPS) is 35.7. The van der Waals surface area contributed by atoms with Crippen LogP contribution < -0.4 is 0 Å². The largest absolute Gasteiger partial charge is 0.381 e. The van der Waals surface area contributed by atoms with Gasteiger partial charge in [-0.2, -0.15) is 0 Å². The van der Waals surface area contributed by atoms with Crippen LogP contribution >= 0.6 is 0 Å². The van der Waals surface area contributed by atoms with Crippen molar-refractivity contribution in [3.8, 4) is 0 Å². The second-order valence-electron chi connectivity index (χ2n) is 7.47. The van der Waals surface area contributed by atoms with E-state index in [9.17, 15) is 0 Å². The number of hydrogen-bond donors (Lipinski definition) is 0. The van der Waals surface area contributed by atoms with Gasteiger partial charge in [-0.25, -0.2) is 0 Å². The molecule has 0 aromatic rings. The van der Waals surface area contributed by atoms with Crippen LogP contribution in [0.3, 0.4) is 0 Å². The van der Waals surface area contributed by atoms with Gasteiger partial charge in [-0.15, -0.1) is 0 Å². The molecule has 0 aromatic carbocycles. The zero-order valence-corrected chi connectivity index (χ0v) is 12.6. The molecule has 2 rings (SSSR count). The van der Waals surface area contributed by atoms with E-state index in [2.05, 4.69) is 27.7 Å². The molecule has 0 aromatic heterocycles. The fourth-order valence-corrected chi connectivity index (χ4v) is 3.39. The molecule has 106 valence electrons. The first-order chi connectivity index (χ1) is 8.47. The minimum atomic E-state index is 0.301. The topological polar surface area (TPSA) is 18.5 Å². The lowest BCUT2D eigenvalue weighted by Crippen LogP contribution is -2.36. The summed E-state index contributed by atoms with van der Waals surface area (Å²) in [5.41, 5.74) is 0.301. The lowest BCUT2D eigenvalue weighted by atomic mass is 9.79. The van der Waals surface area contributed by atoms with Crippen LogP contribution in [0.5, 0.6) is 0 Å². The average molecular weight is 254 g/mol. The summed E-state index contributed by atoms with van der Waals surface area (Å²) in [6, 6.07) is 0. The standard InChI is InChI=1S/C16H30O2/c1-12(14-7-8-17-11-14)9-13-5-6-15(18-10-13)16(2,3)4/h12-15H,5-11H2,1-4H3. The molecule has 2 heterocycles. The van der Waals surface area contributed by atoms with Crippen LogP contribution in [0.4, 0.5) is 0 Å². The van der Waals surface area contributed by atoms with Crippen LogP contribution in [0, 0.1) is 23.2 Å². The van der Waals surface area contributed by atoms with Crippen LogP contribution in [0.2, 0.25) is 0 Å². The fraction of sp³-hybridized carbons (Fsp3) is 1.00. The van der Waals surface area contributed by atoms with Gasteiger partial charge in [-0.05, 0) is 48.9 Å². The number of hydrogen-bond acceptors (Lipinski definition) is 2. The van der Waals surface area contributed by atoms with E-state index in [1.54, 1.807) is 0 Å². The van der Waals surface area contributed by atoms with Crippen LogP contribution in [0.25, 0.3) is 0 Å². The molecule has 4 atom stereocenters. The summed E-state index contributed by atoms with van der Waals surface area (Å²) in [4.78, 5) is 0. The summed E-state index contributed by atoms with van der Waals surface area (Å²) in [5, 5.41) is 0. The Labute approximate surface area is 112 Å². The Morgan fingerprint density at radius 1 is 1.11 bits per heavy atom. The van der Waals surface area contributed by atoms with E-state index in [1.807, 2.05) is 0 Å². The lowest BCUT2D eigenvalue weighted by Gasteiger charge is -2.38. The van der Waals surface area contributed by atoms with Crippen molar-refractivity contribution in [1.82, 2.24) is 0 Å². The Balaban J connectivity index is 1.73. The molecule has 2 fully saturated rings. The van der Waals surface area contributed by atoms with Gasteiger partial charge in [-0.3, -0.25) is 0 Å². The number of ether oxygens (including phenoxy) is 2. The summed E-state index contributed by atoms with van der Waals surface area (Å²) in [6.07, 6.45) is 5.63. The molecule has 0 bridgehead atoms. The quantitative estimate of drug-likeness (QED) is 0.760. The summed E-state index contributed by atoms with van der Waals surface area (Å²) in [5.74, 6) is 2.37. The Bertz CT molecular complexity index is 242. The molecule has 0 saturated carbocycles. The van der Waals surface area contributed by atoms with Crippen molar-refractivity contribution in [3.63, 3.8) is 0 Å². The molecule has 2 heteroatoms. The first-order valence-electron chi connectivity index (χ1n) is 7.66. The van der Waals surface area contributed by atoms with Gasteiger partial charge in [0.25, 0.3) is 0 Å². The average Bonchev–Trinajstić information content (AvgIpc) is 2.82. The van der Waals surface area contributed by atoms with Crippen molar-refractivity contribution >= 4 is 0 Å². The molecular formula is C16H30O2. The third-order valence-electron chi connectivity index (χ3n) is 4.81. The van der Waals surface area contributed by atoms with E-state index in [-0.39, 0.29) is 0 Å². The molecule has 0 amide bonds. The fourth-order valence-electron chi connectivity index (χ4n) is 3.39. The van der Waals surface area contributed by atoms with Gasteiger partial charge < -0.3 is 9.47 Å². The third kappa shape index (κ3) is 3.71. The first kappa shape index (κ1) is 14.3. The van der Waals surface area contributed by atoms with Crippen LogP contribution in [-0.2, 0) is 9.47 Å². The van der Waals surface area contributed by atoms with E-state index in [1.165, 1.54) is 25.7 Å². The summed E-state index contributed by atoms with van der Waals surface area (Å²) in [7, 11) is 0. The Morgan fingerprint density at radius 2 is 1.89 bits per heavy atom. The van der Waals surface area contributed by atoms with E-state index in [0.29, 0.717) is 11.5 Å². The van der Waals surface area contributed by atoms with E-state index >= 15 is 0 Å². The molecule has 2 aliphatic heterocycles. The van der Waals surface area contributed by atoms with E-state index in [4.69, 9.17) is 9.47 Å². The van der Waals surface area contributed by atoms with Crippen molar-refractivity contribution in [2.75, 3.05) is 19.8 Å². The van der Waals surface area contributed by atoms with E-state index in [0.717, 1.165) is 37.6 Å². The van der Waals surface area contributed by atoms with Crippen molar-refractivity contribution in [2.45, 2.75) is 59.5 Å². The maximum absolute atomic E-state index is 6.09. The second-order valence-corrected chi connectivity index (χ2v) is 7.47. The predicted molar refractivity (Wildman–Crippen MR) is 74.6 cm³/mol. The van der Waals surface area contributed by atoms with E-state index < -0.39 is 0 Å². The first-order valence-corrected chi connectivity index (χ1v) is 7.66. The van der Waals surface area contributed by atoms with Gasteiger partial charge in [0, 0.05) is 19.8 Å². The summed E-state index contributed by atoms with van der Waals surface area (Å²) in [6.45, 7) is 12.2. The second kappa shape index (κ2) is 5.92. The predicted octanol–water partition coefficient (Wildman–Crippen LogP) is 3.89. The zero-order chi connectivity index (χ0) is 13.2. The molecule has 2 aliphatic rings. The van der Waals surface area contributed by atoms with Crippen molar-refractivity contribution in [2.24, 2.45) is 23.2 Å². The van der Waals surface area contributed by atoms with Gasteiger partial charge in [0.2, 0.25) is 0 Å². The molecule has 0 N–H and O–H groups in total. The highest BCUT2D eigenvalue weighted by molar-refractivity contribution is 4.81. The molecule has 2 saturated heterocycles. The van der Waals surface area contributed by atoms with Crippen molar-refractivity contribution < 1.29 is 9.47 Å². The van der Waals surface area contributed by atoms with Crippen LogP contribution in [0.15, 0.2) is 0 Å². The van der Waals surface area contributed by atoms with Gasteiger partial charge in [0.1, 0.15) is 0 Å². The third-order valence-corrected chi connectivity index (χ3v) is 4.81. The highest BCUT2D eigenvalue weighted by atomic mass is 16.5. The van der Waals surface area contributed by atoms with Gasteiger partial charge in [-0.1, -0.05) is 27.7 Å². The molecule has 2 nitrogen and oxygen atoms in total. The molecule has 0 spiro atoms. The smallest absolute Gasteiger partial charge is 0.0623 e. The summed E-state index contributed by atoms with van der Waals surface area (Å²) >= 11 is 0. The monoisotopic (exact) mass is 254 g/mol. The van der Waals surface area contributed by atoms with Gasteiger partial charge in [0.15, 0.2) is 0 Å². The maximum Gasteiger partial charge on any atom is 0.0623 e. The molecule has 0 aliphatic carbocycles. The zero-order valence-electron chi connectivity index (χ0n) is 12.6. The van der Waals surface area contributed by atoms with Gasteiger partial charge >= 0.3 is 0 Å². The molecule has 18 heavy (non-hydrogen) atoms. The van der Waals surface area contributed by atoms with Crippen LogP contribution in [-0.4, -0.2) is 25.9 Å². The SMILES string of the molecule is CC(CC1CCC(C(C)(C)C)OC1)C1CCOC1. The molecule has 4 unspecified atom stereocenters. The maximum atomic E-state index is 6.09. The Kier molecular flexibility index (Phi) is 4.71. The highest BCUT2D eigenvalue weighted by Crippen LogP contribution is 2.35. The van der Waals surface area contributed by atoms with Gasteiger partial charge in [0.05, 0.1) is 6.10 Å². The van der Waals surface area contributed by atoms with Crippen molar-refractivity contribution in [1.29, 1.82) is 0 Å². The Hall–Kier alpha value is -0.0800.